The van der Waals surface area contributed by atoms with Crippen LogP contribution in [-0.2, 0) is 21.0 Å². The van der Waals surface area contributed by atoms with Crippen molar-refractivity contribution in [3.63, 3.8) is 0 Å². The molecule has 106 valence electrons. The predicted molar refractivity (Wildman–Crippen MR) is 77.4 cm³/mol. The van der Waals surface area contributed by atoms with Gasteiger partial charge in [0.05, 0.1) is 23.5 Å². The second-order valence-electron chi connectivity index (χ2n) is 5.05. The number of hydrogen-bond acceptors (Lipinski definition) is 3. The summed E-state index contributed by atoms with van der Waals surface area (Å²) in [6, 6.07) is 8.06. The number of hydrogen-bond donors (Lipinski definition) is 0. The summed E-state index contributed by atoms with van der Waals surface area (Å²) >= 11 is 6.41. The summed E-state index contributed by atoms with van der Waals surface area (Å²) in [6.07, 6.45) is 1.55. The highest BCUT2D eigenvalue weighted by Crippen LogP contribution is 2.36. The Balaban J connectivity index is 2.01. The summed E-state index contributed by atoms with van der Waals surface area (Å²) in [6.45, 7) is 0.699. The van der Waals surface area contributed by atoms with Crippen molar-refractivity contribution < 1.29 is 13.2 Å². The van der Waals surface area contributed by atoms with E-state index in [0.717, 1.165) is 12.0 Å². The van der Waals surface area contributed by atoms with Crippen LogP contribution in [0.1, 0.15) is 22.9 Å². The minimum atomic E-state index is -2.87. The average molecular weight is 303 g/mol. The fourth-order valence-corrected chi connectivity index (χ4v) is 4.72. The molecule has 0 N–H and O–H groups in total. The van der Waals surface area contributed by atoms with E-state index in [2.05, 4.69) is 0 Å². The van der Waals surface area contributed by atoms with Crippen LogP contribution in [0.5, 0.6) is 0 Å². The molecule has 1 saturated heterocycles. The van der Waals surface area contributed by atoms with E-state index >= 15 is 0 Å². The average Bonchev–Trinajstić information content (AvgIpc) is 2.76. The van der Waals surface area contributed by atoms with E-state index in [0.29, 0.717) is 13.0 Å². The zero-order chi connectivity index (χ0) is 13.9. The van der Waals surface area contributed by atoms with Gasteiger partial charge in [-0.25, -0.2) is 8.42 Å². The highest BCUT2D eigenvalue weighted by molar-refractivity contribution is 7.91. The van der Waals surface area contributed by atoms with Crippen molar-refractivity contribution in [1.82, 2.24) is 0 Å². The molecule has 1 aliphatic heterocycles. The quantitative estimate of drug-likeness (QED) is 0.785. The molecule has 1 heterocycles. The summed E-state index contributed by atoms with van der Waals surface area (Å²) in [5, 5.41) is -0.214. The van der Waals surface area contributed by atoms with Gasteiger partial charge in [-0.3, -0.25) is 0 Å². The van der Waals surface area contributed by atoms with Crippen LogP contribution < -0.4 is 0 Å². The SMILES string of the molecule is COCCc1ccc(C(Cl)C2CCS(=O)(=O)C2)cc1. The molecular formula is C14H19ClO3S. The van der Waals surface area contributed by atoms with Crippen LogP contribution in [0.4, 0.5) is 0 Å². The predicted octanol–water partition coefficient (Wildman–Crippen LogP) is 2.59. The van der Waals surface area contributed by atoms with Gasteiger partial charge in [-0.2, -0.15) is 0 Å². The molecule has 0 radical (unpaired) electrons. The summed E-state index contributed by atoms with van der Waals surface area (Å²) < 4.78 is 28.0. The fourth-order valence-electron chi connectivity index (χ4n) is 2.41. The van der Waals surface area contributed by atoms with Crippen molar-refractivity contribution >= 4 is 21.4 Å². The van der Waals surface area contributed by atoms with Gasteiger partial charge in [0.25, 0.3) is 0 Å². The normalized spacial score (nSPS) is 23.4. The van der Waals surface area contributed by atoms with Gasteiger partial charge < -0.3 is 4.74 Å². The molecule has 2 rings (SSSR count). The van der Waals surface area contributed by atoms with E-state index in [1.807, 2.05) is 24.3 Å². The largest absolute Gasteiger partial charge is 0.384 e. The molecule has 3 nitrogen and oxygen atoms in total. The van der Waals surface area contributed by atoms with Gasteiger partial charge in [0, 0.05) is 7.11 Å². The first kappa shape index (κ1) is 14.8. The Bertz CT molecular complexity index is 510. The lowest BCUT2D eigenvalue weighted by molar-refractivity contribution is 0.202. The second kappa shape index (κ2) is 6.25. The van der Waals surface area contributed by atoms with Crippen LogP contribution >= 0.6 is 11.6 Å². The Morgan fingerprint density at radius 2 is 2.05 bits per heavy atom. The molecule has 19 heavy (non-hydrogen) atoms. The molecule has 1 aromatic carbocycles. The Hall–Kier alpha value is -0.580. The van der Waals surface area contributed by atoms with Crippen LogP contribution in [0.2, 0.25) is 0 Å². The maximum atomic E-state index is 11.5. The maximum absolute atomic E-state index is 11.5. The van der Waals surface area contributed by atoms with Gasteiger partial charge in [0.2, 0.25) is 0 Å². The number of ether oxygens (including phenoxy) is 1. The molecule has 1 fully saturated rings. The van der Waals surface area contributed by atoms with Crippen molar-refractivity contribution in [1.29, 1.82) is 0 Å². The van der Waals surface area contributed by atoms with Crippen molar-refractivity contribution in [2.24, 2.45) is 5.92 Å². The van der Waals surface area contributed by atoms with Gasteiger partial charge in [-0.1, -0.05) is 24.3 Å². The van der Waals surface area contributed by atoms with Gasteiger partial charge in [-0.15, -0.1) is 11.6 Å². The van der Waals surface area contributed by atoms with Crippen molar-refractivity contribution in [2.75, 3.05) is 25.2 Å². The van der Waals surface area contributed by atoms with E-state index in [1.165, 1.54) is 5.56 Å². The van der Waals surface area contributed by atoms with Crippen molar-refractivity contribution in [3.05, 3.63) is 35.4 Å². The molecule has 0 saturated carbocycles. The van der Waals surface area contributed by atoms with E-state index in [9.17, 15) is 8.42 Å². The monoisotopic (exact) mass is 302 g/mol. The van der Waals surface area contributed by atoms with E-state index in [4.69, 9.17) is 16.3 Å². The molecule has 1 aliphatic rings. The molecule has 0 aliphatic carbocycles. The molecule has 2 atom stereocenters. The molecule has 0 aromatic heterocycles. The van der Waals surface area contributed by atoms with Crippen LogP contribution in [-0.4, -0.2) is 33.6 Å². The highest BCUT2D eigenvalue weighted by atomic mass is 35.5. The van der Waals surface area contributed by atoms with Crippen LogP contribution in [0, 0.1) is 5.92 Å². The zero-order valence-electron chi connectivity index (χ0n) is 11.0. The lowest BCUT2D eigenvalue weighted by Crippen LogP contribution is -2.10. The number of methoxy groups -OCH3 is 1. The van der Waals surface area contributed by atoms with E-state index in [-0.39, 0.29) is 22.8 Å². The number of sulfone groups is 1. The number of alkyl halides is 1. The van der Waals surface area contributed by atoms with Crippen LogP contribution in [0.3, 0.4) is 0 Å². The van der Waals surface area contributed by atoms with Gasteiger partial charge in [-0.05, 0) is 29.9 Å². The van der Waals surface area contributed by atoms with Gasteiger partial charge >= 0.3 is 0 Å². The van der Waals surface area contributed by atoms with Crippen molar-refractivity contribution in [2.45, 2.75) is 18.2 Å². The molecule has 0 spiro atoms. The second-order valence-corrected chi connectivity index (χ2v) is 7.75. The number of rotatable bonds is 5. The van der Waals surface area contributed by atoms with Gasteiger partial charge in [0.1, 0.15) is 0 Å². The summed E-state index contributed by atoms with van der Waals surface area (Å²) in [5.74, 6) is 0.524. The lowest BCUT2D eigenvalue weighted by Gasteiger charge is -2.16. The smallest absolute Gasteiger partial charge is 0.150 e. The molecule has 5 heteroatoms. The highest BCUT2D eigenvalue weighted by Gasteiger charge is 2.33. The minimum absolute atomic E-state index is 0.0384. The lowest BCUT2D eigenvalue weighted by atomic mass is 9.97. The molecule has 2 unspecified atom stereocenters. The van der Waals surface area contributed by atoms with Crippen LogP contribution in [0.25, 0.3) is 0 Å². The third-order valence-corrected chi connectivity index (χ3v) is 5.98. The zero-order valence-corrected chi connectivity index (χ0v) is 12.6. The van der Waals surface area contributed by atoms with Crippen molar-refractivity contribution in [3.8, 4) is 0 Å². The first-order chi connectivity index (χ1) is 9.02. The van der Waals surface area contributed by atoms with E-state index < -0.39 is 9.84 Å². The van der Waals surface area contributed by atoms with E-state index in [1.54, 1.807) is 7.11 Å². The Morgan fingerprint density at radius 1 is 1.37 bits per heavy atom. The number of halogens is 1. The third kappa shape index (κ3) is 3.94. The number of benzene rings is 1. The van der Waals surface area contributed by atoms with Gasteiger partial charge in [0.15, 0.2) is 9.84 Å². The molecule has 0 amide bonds. The molecule has 1 aromatic rings. The first-order valence-corrected chi connectivity index (χ1v) is 8.70. The summed E-state index contributed by atoms with van der Waals surface area (Å²) in [5.41, 5.74) is 2.21. The Labute approximate surface area is 119 Å². The topological polar surface area (TPSA) is 43.4 Å². The maximum Gasteiger partial charge on any atom is 0.150 e. The molecular weight excluding hydrogens is 284 g/mol. The van der Waals surface area contributed by atoms with Crippen LogP contribution in [0.15, 0.2) is 24.3 Å². The first-order valence-electron chi connectivity index (χ1n) is 6.44. The standard InChI is InChI=1S/C14H19ClO3S/c1-18-8-6-11-2-4-12(5-3-11)14(15)13-7-9-19(16,17)10-13/h2-5,13-14H,6-10H2,1H3. The third-order valence-electron chi connectivity index (χ3n) is 3.57. The summed E-state index contributed by atoms with van der Waals surface area (Å²) in [7, 11) is -1.19. The summed E-state index contributed by atoms with van der Waals surface area (Å²) in [4.78, 5) is 0. The fraction of sp³-hybridized carbons (Fsp3) is 0.571. The molecule has 0 bridgehead atoms. The minimum Gasteiger partial charge on any atom is -0.384 e. The Kier molecular flexibility index (Phi) is 4.87. The Morgan fingerprint density at radius 3 is 2.58 bits per heavy atom.